The lowest BCUT2D eigenvalue weighted by Gasteiger charge is -2.26. The van der Waals surface area contributed by atoms with Crippen LogP contribution in [0.25, 0.3) is 11.3 Å². The van der Waals surface area contributed by atoms with Gasteiger partial charge in [0, 0.05) is 29.8 Å². The Morgan fingerprint density at radius 2 is 2.07 bits per heavy atom. The molecule has 2 N–H and O–H groups in total. The summed E-state index contributed by atoms with van der Waals surface area (Å²) in [6.45, 7) is 0.835. The van der Waals surface area contributed by atoms with Crippen molar-refractivity contribution in [3.05, 3.63) is 70.4 Å². The largest absolute Gasteiger partial charge is 0.507 e. The van der Waals surface area contributed by atoms with Crippen molar-refractivity contribution in [3.63, 3.8) is 0 Å². The lowest BCUT2D eigenvalue weighted by Crippen LogP contribution is -2.32. The minimum Gasteiger partial charge on any atom is -0.507 e. The molecule has 1 aliphatic heterocycles. The van der Waals surface area contributed by atoms with Crippen LogP contribution in [-0.4, -0.2) is 46.4 Å². The fraction of sp³-hybridized carbons (Fsp3) is 0.200. The van der Waals surface area contributed by atoms with Gasteiger partial charge in [-0.3, -0.25) is 9.89 Å². The number of hydrogen-bond donors (Lipinski definition) is 2. The number of nitrogens with zero attached hydrogens (tertiary/aromatic N) is 2. The number of amides is 1. The molecule has 0 radical (unpaired) electrons. The molecule has 3 aromatic rings. The third-order valence-corrected chi connectivity index (χ3v) is 4.96. The van der Waals surface area contributed by atoms with Crippen molar-refractivity contribution in [2.24, 2.45) is 0 Å². The molecule has 6 nitrogen and oxygen atoms in total. The van der Waals surface area contributed by atoms with Crippen molar-refractivity contribution in [2.45, 2.75) is 6.04 Å². The Kier molecular flexibility index (Phi) is 4.59. The molecular weight excluding hydrogens is 366 g/mol. The van der Waals surface area contributed by atoms with Crippen LogP contribution in [0.1, 0.15) is 27.7 Å². The minimum absolute atomic E-state index is 0.111. The summed E-state index contributed by atoms with van der Waals surface area (Å²) < 4.78 is 5.18. The van der Waals surface area contributed by atoms with Crippen molar-refractivity contribution in [1.82, 2.24) is 15.1 Å². The van der Waals surface area contributed by atoms with Crippen molar-refractivity contribution >= 4 is 17.5 Å². The average molecular weight is 384 g/mol. The van der Waals surface area contributed by atoms with E-state index in [2.05, 4.69) is 10.2 Å². The van der Waals surface area contributed by atoms with Gasteiger partial charge in [0.25, 0.3) is 5.91 Å². The van der Waals surface area contributed by atoms with E-state index in [0.717, 1.165) is 11.1 Å². The van der Waals surface area contributed by atoms with Gasteiger partial charge in [0.15, 0.2) is 0 Å². The summed E-state index contributed by atoms with van der Waals surface area (Å²) in [4.78, 5) is 14.7. The molecule has 2 aromatic carbocycles. The molecule has 27 heavy (non-hydrogen) atoms. The number of phenolic OH excluding ortho intramolecular Hbond substituents is 1. The minimum atomic E-state index is -0.366. The van der Waals surface area contributed by atoms with Crippen LogP contribution in [0, 0.1) is 0 Å². The molecule has 1 amide bonds. The molecule has 0 spiro atoms. The molecule has 1 unspecified atom stereocenters. The van der Waals surface area contributed by atoms with E-state index >= 15 is 0 Å². The van der Waals surface area contributed by atoms with E-state index in [4.69, 9.17) is 16.3 Å². The Bertz CT molecular complexity index is 1000. The zero-order valence-electron chi connectivity index (χ0n) is 14.6. The molecule has 0 bridgehead atoms. The summed E-state index contributed by atoms with van der Waals surface area (Å²) in [6, 6.07) is 14.0. The van der Waals surface area contributed by atoms with Gasteiger partial charge < -0.3 is 14.7 Å². The summed E-state index contributed by atoms with van der Waals surface area (Å²) in [5.74, 6) is -0.0411. The molecule has 0 saturated heterocycles. The molecule has 0 saturated carbocycles. The summed E-state index contributed by atoms with van der Waals surface area (Å²) in [5, 5.41) is 18.1. The van der Waals surface area contributed by atoms with Gasteiger partial charge in [-0.25, -0.2) is 0 Å². The Morgan fingerprint density at radius 3 is 2.81 bits per heavy atom. The monoisotopic (exact) mass is 383 g/mol. The van der Waals surface area contributed by atoms with Gasteiger partial charge in [-0.05, 0) is 29.8 Å². The number of hydrogen-bond acceptors (Lipinski definition) is 4. The normalized spacial score (nSPS) is 16.0. The van der Waals surface area contributed by atoms with E-state index in [0.29, 0.717) is 35.1 Å². The van der Waals surface area contributed by atoms with Crippen LogP contribution in [0.3, 0.4) is 0 Å². The van der Waals surface area contributed by atoms with Crippen LogP contribution in [-0.2, 0) is 4.74 Å². The van der Waals surface area contributed by atoms with E-state index in [9.17, 15) is 9.90 Å². The predicted molar refractivity (Wildman–Crippen MR) is 102 cm³/mol. The van der Waals surface area contributed by atoms with E-state index in [1.54, 1.807) is 36.3 Å². The number of aromatic amines is 1. The van der Waals surface area contributed by atoms with Crippen molar-refractivity contribution in [3.8, 4) is 17.0 Å². The van der Waals surface area contributed by atoms with Crippen molar-refractivity contribution < 1.29 is 14.6 Å². The lowest BCUT2D eigenvalue weighted by molar-refractivity contribution is 0.0677. The third kappa shape index (κ3) is 2.97. The van der Waals surface area contributed by atoms with E-state index in [1.807, 2.05) is 24.3 Å². The molecular formula is C20H18ClN3O3. The second kappa shape index (κ2) is 7.06. The number of aromatic hydroxyl groups is 1. The second-order valence-corrected chi connectivity index (χ2v) is 6.76. The number of phenols is 1. The van der Waals surface area contributed by atoms with Crippen molar-refractivity contribution in [2.75, 3.05) is 20.3 Å². The predicted octanol–water partition coefficient (Wildman–Crippen LogP) is 3.63. The topological polar surface area (TPSA) is 78.5 Å². The molecule has 1 aliphatic rings. The van der Waals surface area contributed by atoms with Gasteiger partial charge in [0.05, 0.1) is 12.6 Å². The maximum atomic E-state index is 13.0. The molecule has 2 heterocycles. The molecule has 0 aliphatic carbocycles. The van der Waals surface area contributed by atoms with Gasteiger partial charge in [-0.15, -0.1) is 0 Å². The molecule has 1 atom stereocenters. The number of aromatic nitrogens is 2. The van der Waals surface area contributed by atoms with Gasteiger partial charge in [0.2, 0.25) is 0 Å². The molecule has 7 heteroatoms. The Balaban J connectivity index is 1.89. The smallest absolute Gasteiger partial charge is 0.273 e. The van der Waals surface area contributed by atoms with E-state index in [-0.39, 0.29) is 17.7 Å². The molecule has 0 fully saturated rings. The Hall–Kier alpha value is -2.83. The first-order valence-electron chi connectivity index (χ1n) is 8.53. The highest BCUT2D eigenvalue weighted by atomic mass is 35.5. The average Bonchev–Trinajstić information content (AvgIpc) is 3.20. The quantitative estimate of drug-likeness (QED) is 0.705. The number of benzene rings is 2. The van der Waals surface area contributed by atoms with Crippen LogP contribution in [0.15, 0.2) is 48.5 Å². The summed E-state index contributed by atoms with van der Waals surface area (Å²) >= 11 is 6.20. The van der Waals surface area contributed by atoms with Crippen LogP contribution in [0.2, 0.25) is 5.02 Å². The Labute approximate surface area is 161 Å². The number of para-hydroxylation sites is 1. The number of methoxy groups -OCH3 is 1. The number of H-pyrrole nitrogens is 1. The van der Waals surface area contributed by atoms with Crippen LogP contribution in [0.4, 0.5) is 0 Å². The molecule has 4 rings (SSSR count). The highest BCUT2D eigenvalue weighted by Gasteiger charge is 2.42. The fourth-order valence-corrected chi connectivity index (χ4v) is 3.72. The van der Waals surface area contributed by atoms with E-state index in [1.165, 1.54) is 0 Å². The molecule has 1 aromatic heterocycles. The second-order valence-electron chi connectivity index (χ2n) is 6.33. The van der Waals surface area contributed by atoms with Gasteiger partial charge >= 0.3 is 0 Å². The number of ether oxygens (including phenoxy) is 1. The number of carbonyl (C=O) groups is 1. The van der Waals surface area contributed by atoms with E-state index < -0.39 is 0 Å². The SMILES string of the molecule is COCCN1C(=O)c2[nH]nc(-c3ccccc3O)c2C1c1cccc(Cl)c1. The first-order chi connectivity index (χ1) is 13.1. The van der Waals surface area contributed by atoms with Gasteiger partial charge in [-0.2, -0.15) is 5.10 Å². The highest BCUT2D eigenvalue weighted by Crippen LogP contribution is 2.44. The molecule has 138 valence electrons. The zero-order chi connectivity index (χ0) is 19.0. The third-order valence-electron chi connectivity index (χ3n) is 4.72. The van der Waals surface area contributed by atoms with Crippen molar-refractivity contribution in [1.29, 1.82) is 0 Å². The number of rotatable bonds is 5. The highest BCUT2D eigenvalue weighted by molar-refractivity contribution is 6.30. The maximum Gasteiger partial charge on any atom is 0.273 e. The Morgan fingerprint density at radius 1 is 1.26 bits per heavy atom. The van der Waals surface area contributed by atoms with Crippen LogP contribution in [0.5, 0.6) is 5.75 Å². The van der Waals surface area contributed by atoms with Crippen LogP contribution >= 0.6 is 11.6 Å². The number of halogens is 1. The fourth-order valence-electron chi connectivity index (χ4n) is 3.52. The van der Waals surface area contributed by atoms with Gasteiger partial charge in [-0.1, -0.05) is 35.9 Å². The number of carbonyl (C=O) groups excluding carboxylic acids is 1. The summed E-state index contributed by atoms with van der Waals surface area (Å²) in [7, 11) is 1.60. The maximum absolute atomic E-state index is 13.0. The lowest BCUT2D eigenvalue weighted by atomic mass is 9.96. The summed E-state index contributed by atoms with van der Waals surface area (Å²) in [6.07, 6.45) is 0. The first kappa shape index (κ1) is 17.6. The number of fused-ring (bicyclic) bond motifs is 1. The first-order valence-corrected chi connectivity index (χ1v) is 8.91. The van der Waals surface area contributed by atoms with Crippen LogP contribution < -0.4 is 0 Å². The zero-order valence-corrected chi connectivity index (χ0v) is 15.4. The van der Waals surface area contributed by atoms with Gasteiger partial charge in [0.1, 0.15) is 17.1 Å². The standard InChI is InChI=1S/C20H18ClN3O3/c1-27-10-9-24-19(12-5-4-6-13(21)11-12)16-17(22-23-18(16)20(24)26)14-7-2-3-8-15(14)25/h2-8,11,19,25H,9-10H2,1H3,(H,22,23). The number of nitrogens with one attached hydrogen (secondary N) is 1. The summed E-state index contributed by atoms with van der Waals surface area (Å²) in [5.41, 5.74) is 3.17.